The lowest BCUT2D eigenvalue weighted by Gasteiger charge is -2.38. The Kier molecular flexibility index (Phi) is 5.11. The van der Waals surface area contributed by atoms with Gasteiger partial charge in [0.05, 0.1) is 22.8 Å². The molecule has 2 amide bonds. The molecule has 5 rings (SSSR count). The van der Waals surface area contributed by atoms with Crippen molar-refractivity contribution in [1.29, 1.82) is 0 Å². The van der Waals surface area contributed by atoms with Crippen LogP contribution in [0.3, 0.4) is 0 Å². The van der Waals surface area contributed by atoms with Crippen LogP contribution < -0.4 is 4.90 Å². The Balaban J connectivity index is 1.68. The normalized spacial score (nSPS) is 26.0. The van der Waals surface area contributed by atoms with Crippen molar-refractivity contribution in [2.45, 2.75) is 45.3 Å². The van der Waals surface area contributed by atoms with Crippen LogP contribution in [0.1, 0.15) is 43.1 Å². The molecule has 0 N–H and O–H groups in total. The van der Waals surface area contributed by atoms with Crippen LogP contribution in [0.4, 0.5) is 11.4 Å². The highest BCUT2D eigenvalue weighted by Gasteiger charge is 2.64. The number of para-hydroxylation sites is 1. The van der Waals surface area contributed by atoms with E-state index >= 15 is 0 Å². The summed E-state index contributed by atoms with van der Waals surface area (Å²) in [6, 6.07) is 11.5. The van der Waals surface area contributed by atoms with Crippen molar-refractivity contribution in [3.8, 4) is 0 Å². The van der Waals surface area contributed by atoms with Gasteiger partial charge in [0.2, 0.25) is 11.8 Å². The molecule has 3 aliphatic rings. The zero-order chi connectivity index (χ0) is 24.3. The fraction of sp³-hybridized carbons (Fsp3) is 0.346. The highest BCUT2D eigenvalue weighted by Crippen LogP contribution is 2.50. The van der Waals surface area contributed by atoms with E-state index < -0.39 is 34.6 Å². The number of allylic oxidation sites excluding steroid dienone is 1. The summed E-state index contributed by atoms with van der Waals surface area (Å²) in [7, 11) is 0. The number of non-ortho nitro benzene ring substituents is 1. The Morgan fingerprint density at radius 3 is 2.50 bits per heavy atom. The number of likely N-dealkylation sites (tertiary alicyclic amines) is 1. The molecule has 0 aliphatic carbocycles. The Morgan fingerprint density at radius 1 is 1.09 bits per heavy atom. The first-order chi connectivity index (χ1) is 16.3. The van der Waals surface area contributed by atoms with Gasteiger partial charge in [-0.3, -0.25) is 29.4 Å². The summed E-state index contributed by atoms with van der Waals surface area (Å²) in [5.41, 5.74) is 2.68. The Hall–Kier alpha value is -3.81. The van der Waals surface area contributed by atoms with Gasteiger partial charge in [-0.25, -0.2) is 0 Å². The molecule has 2 aromatic carbocycles. The molecule has 0 spiro atoms. The number of benzene rings is 2. The van der Waals surface area contributed by atoms with Crippen LogP contribution in [0.2, 0.25) is 0 Å². The standard InChI is InChI=1S/C26H25N3O5/c1-4-15(3)27-25(31)21-20-12-14(2)18-10-5-6-11-19(18)28(20)23(22(21)26(27)32)24(30)16-8-7-9-17(13-16)29(33)34/h5-13,15,20-23H,4H2,1-3H3/t15-,20-,21-,22-,23-/m0/s1. The number of imide groups is 1. The zero-order valence-corrected chi connectivity index (χ0v) is 19.2. The van der Waals surface area contributed by atoms with Crippen LogP contribution in [-0.2, 0) is 9.59 Å². The summed E-state index contributed by atoms with van der Waals surface area (Å²) >= 11 is 0. The molecule has 0 radical (unpaired) electrons. The topological polar surface area (TPSA) is 101 Å². The van der Waals surface area contributed by atoms with Crippen molar-refractivity contribution in [3.63, 3.8) is 0 Å². The maximum Gasteiger partial charge on any atom is 0.270 e. The number of amides is 2. The molecule has 5 atom stereocenters. The first kappa shape index (κ1) is 22.0. The fourth-order valence-corrected chi connectivity index (χ4v) is 5.68. The van der Waals surface area contributed by atoms with E-state index in [1.807, 2.05) is 56.0 Å². The van der Waals surface area contributed by atoms with Gasteiger partial charge < -0.3 is 4.90 Å². The lowest BCUT2D eigenvalue weighted by Crippen LogP contribution is -2.50. The van der Waals surface area contributed by atoms with Crippen LogP contribution >= 0.6 is 0 Å². The van der Waals surface area contributed by atoms with Gasteiger partial charge in [0.1, 0.15) is 6.04 Å². The summed E-state index contributed by atoms with van der Waals surface area (Å²) in [5, 5.41) is 11.3. The van der Waals surface area contributed by atoms with Gasteiger partial charge in [-0.15, -0.1) is 0 Å². The summed E-state index contributed by atoms with van der Waals surface area (Å²) in [6.45, 7) is 5.72. The van der Waals surface area contributed by atoms with Gasteiger partial charge in [-0.05, 0) is 31.9 Å². The monoisotopic (exact) mass is 459 g/mol. The number of nitro groups is 1. The molecule has 0 unspecified atom stereocenters. The van der Waals surface area contributed by atoms with Crippen molar-refractivity contribution in [3.05, 3.63) is 75.8 Å². The van der Waals surface area contributed by atoms with Crippen molar-refractivity contribution >= 4 is 34.5 Å². The van der Waals surface area contributed by atoms with E-state index in [1.165, 1.54) is 29.2 Å². The SMILES string of the molecule is CC[C@H](C)N1C(=O)[C@@H]2[C@H](C1=O)[C@@H](C(=O)c1cccc([N+](=O)[O-])c1)N1c3ccccc3C(C)=C[C@@H]21. The van der Waals surface area contributed by atoms with Crippen LogP contribution in [0.25, 0.3) is 5.57 Å². The number of hydrogen-bond donors (Lipinski definition) is 0. The number of anilines is 1. The molecule has 2 aromatic rings. The number of nitro benzene ring substituents is 1. The van der Waals surface area contributed by atoms with E-state index in [1.54, 1.807) is 0 Å². The summed E-state index contributed by atoms with van der Waals surface area (Å²) < 4.78 is 0. The number of hydrogen-bond acceptors (Lipinski definition) is 6. The molecular weight excluding hydrogens is 434 g/mol. The molecule has 2 fully saturated rings. The van der Waals surface area contributed by atoms with Crippen molar-refractivity contribution in [1.82, 2.24) is 4.90 Å². The number of fused-ring (bicyclic) bond motifs is 5. The maximum absolute atomic E-state index is 13.9. The van der Waals surface area contributed by atoms with E-state index in [-0.39, 0.29) is 29.1 Å². The second-order valence-corrected chi connectivity index (χ2v) is 9.24. The molecule has 3 aliphatic heterocycles. The van der Waals surface area contributed by atoms with E-state index in [2.05, 4.69) is 0 Å². The molecule has 174 valence electrons. The van der Waals surface area contributed by atoms with Crippen molar-refractivity contribution < 1.29 is 19.3 Å². The van der Waals surface area contributed by atoms with Gasteiger partial charge in [-0.2, -0.15) is 0 Å². The second-order valence-electron chi connectivity index (χ2n) is 9.24. The smallest absolute Gasteiger partial charge is 0.270 e. The minimum absolute atomic E-state index is 0.157. The predicted molar refractivity (Wildman–Crippen MR) is 126 cm³/mol. The first-order valence-electron chi connectivity index (χ1n) is 11.5. The lowest BCUT2D eigenvalue weighted by atomic mass is 9.85. The molecule has 0 aromatic heterocycles. The molecule has 0 bridgehead atoms. The molecule has 8 nitrogen and oxygen atoms in total. The third-order valence-corrected chi connectivity index (χ3v) is 7.43. The first-order valence-corrected chi connectivity index (χ1v) is 11.5. The van der Waals surface area contributed by atoms with Crippen LogP contribution in [-0.4, -0.2) is 45.5 Å². The van der Waals surface area contributed by atoms with E-state index in [0.29, 0.717) is 6.42 Å². The summed E-state index contributed by atoms with van der Waals surface area (Å²) in [4.78, 5) is 55.2. The number of ketones is 1. The highest BCUT2D eigenvalue weighted by molar-refractivity contribution is 6.14. The maximum atomic E-state index is 13.9. The van der Waals surface area contributed by atoms with Crippen LogP contribution in [0, 0.1) is 22.0 Å². The summed E-state index contributed by atoms with van der Waals surface area (Å²) in [5.74, 6) is -2.52. The fourth-order valence-electron chi connectivity index (χ4n) is 5.68. The number of carbonyl (C=O) groups excluding carboxylic acids is 3. The largest absolute Gasteiger partial charge is 0.352 e. The third kappa shape index (κ3) is 3.01. The summed E-state index contributed by atoms with van der Waals surface area (Å²) in [6.07, 6.45) is 2.60. The van der Waals surface area contributed by atoms with Gasteiger partial charge in [0, 0.05) is 35.0 Å². The minimum Gasteiger partial charge on any atom is -0.352 e. The zero-order valence-electron chi connectivity index (χ0n) is 19.2. The number of carbonyl (C=O) groups is 3. The molecule has 3 heterocycles. The predicted octanol–water partition coefficient (Wildman–Crippen LogP) is 3.85. The average Bonchev–Trinajstić information content (AvgIpc) is 3.31. The van der Waals surface area contributed by atoms with Crippen LogP contribution in [0.5, 0.6) is 0 Å². The van der Waals surface area contributed by atoms with E-state index in [9.17, 15) is 24.5 Å². The molecule has 0 saturated carbocycles. The number of Topliss-reactive ketones (excluding diaryl/α,β-unsaturated/α-hetero) is 1. The van der Waals surface area contributed by atoms with Crippen molar-refractivity contribution in [2.24, 2.45) is 11.8 Å². The van der Waals surface area contributed by atoms with E-state index in [0.717, 1.165) is 16.8 Å². The highest BCUT2D eigenvalue weighted by atomic mass is 16.6. The van der Waals surface area contributed by atoms with Crippen LogP contribution in [0.15, 0.2) is 54.6 Å². The van der Waals surface area contributed by atoms with Gasteiger partial charge in [0.15, 0.2) is 5.78 Å². The molecule has 34 heavy (non-hydrogen) atoms. The van der Waals surface area contributed by atoms with E-state index in [4.69, 9.17) is 0 Å². The number of nitrogens with zero attached hydrogens (tertiary/aromatic N) is 3. The van der Waals surface area contributed by atoms with Gasteiger partial charge in [0.25, 0.3) is 5.69 Å². The molecule has 2 saturated heterocycles. The van der Waals surface area contributed by atoms with Gasteiger partial charge in [-0.1, -0.05) is 43.3 Å². The second kappa shape index (κ2) is 7.90. The lowest BCUT2D eigenvalue weighted by molar-refractivity contribution is -0.384. The van der Waals surface area contributed by atoms with Crippen molar-refractivity contribution in [2.75, 3.05) is 4.90 Å². The average molecular weight is 460 g/mol. The Bertz CT molecular complexity index is 1270. The van der Waals surface area contributed by atoms with Gasteiger partial charge >= 0.3 is 0 Å². The third-order valence-electron chi connectivity index (χ3n) is 7.43. The quantitative estimate of drug-likeness (QED) is 0.291. The Labute approximate surface area is 197 Å². The minimum atomic E-state index is -0.937. The Morgan fingerprint density at radius 2 is 1.79 bits per heavy atom. The number of rotatable bonds is 5. The molecule has 8 heteroatoms. The molecular formula is C26H25N3O5.